The fourth-order valence-corrected chi connectivity index (χ4v) is 4.09. The summed E-state index contributed by atoms with van der Waals surface area (Å²) < 4.78 is 25.9. The Balaban J connectivity index is 1.42. The average Bonchev–Trinajstić information content (AvgIpc) is 3.17. The smallest absolute Gasteiger partial charge is 0.175 e. The van der Waals surface area contributed by atoms with Crippen LogP contribution in [0.25, 0.3) is 5.69 Å². The van der Waals surface area contributed by atoms with Crippen LogP contribution in [0, 0.1) is 0 Å². The van der Waals surface area contributed by atoms with Gasteiger partial charge < -0.3 is 4.90 Å². The van der Waals surface area contributed by atoms with Gasteiger partial charge in [-0.1, -0.05) is 0 Å². The number of tetrazole rings is 1. The molecule has 0 radical (unpaired) electrons. The maximum Gasteiger partial charge on any atom is 0.175 e. The van der Waals surface area contributed by atoms with Crippen molar-refractivity contribution < 1.29 is 8.42 Å². The van der Waals surface area contributed by atoms with Gasteiger partial charge in [-0.25, -0.2) is 13.4 Å². The number of sulfone groups is 1. The maximum atomic E-state index is 11.6. The number of benzene rings is 1. The van der Waals surface area contributed by atoms with Crippen LogP contribution < -0.4 is 4.90 Å². The van der Waals surface area contributed by atoms with E-state index in [-0.39, 0.29) is 4.90 Å². The maximum absolute atomic E-state index is 11.6. The molecule has 2 aromatic heterocycles. The predicted octanol–water partition coefficient (Wildman–Crippen LogP) is 1.55. The first-order chi connectivity index (χ1) is 13.9. The number of pyridine rings is 1. The standard InChI is InChI=1S/C18H20BrN7O2S/c1-29(27,28)16-5-3-15(4-6-16)26-18(21-22-23-26)13-24-8-10-25(11-9-24)17-7-2-14(19)12-20-17/h2-7,12H,8-11,13H2,1H3. The minimum atomic E-state index is -3.23. The molecule has 0 aliphatic carbocycles. The number of halogens is 1. The van der Waals surface area contributed by atoms with E-state index in [4.69, 9.17) is 0 Å². The fraction of sp³-hybridized carbons (Fsp3) is 0.333. The number of piperazine rings is 1. The molecular formula is C18H20BrN7O2S. The third kappa shape index (κ3) is 4.62. The molecule has 0 atom stereocenters. The molecule has 1 saturated heterocycles. The van der Waals surface area contributed by atoms with Crippen molar-refractivity contribution in [1.82, 2.24) is 30.1 Å². The van der Waals surface area contributed by atoms with E-state index in [1.165, 1.54) is 6.26 Å². The van der Waals surface area contributed by atoms with Crippen LogP contribution in [0.4, 0.5) is 5.82 Å². The predicted molar refractivity (Wildman–Crippen MR) is 112 cm³/mol. The molecular weight excluding hydrogens is 458 g/mol. The molecule has 152 valence electrons. The van der Waals surface area contributed by atoms with Crippen LogP contribution in [-0.2, 0) is 16.4 Å². The quantitative estimate of drug-likeness (QED) is 0.545. The normalized spacial score (nSPS) is 15.6. The Morgan fingerprint density at radius 3 is 2.38 bits per heavy atom. The summed E-state index contributed by atoms with van der Waals surface area (Å²) in [5, 5.41) is 12.0. The molecule has 1 aliphatic rings. The van der Waals surface area contributed by atoms with Crippen LogP contribution in [0.15, 0.2) is 52.0 Å². The van der Waals surface area contributed by atoms with E-state index >= 15 is 0 Å². The van der Waals surface area contributed by atoms with Crippen molar-refractivity contribution in [2.75, 3.05) is 37.3 Å². The summed E-state index contributed by atoms with van der Waals surface area (Å²) in [6.45, 7) is 4.11. The Bertz CT molecular complexity index is 1080. The van der Waals surface area contributed by atoms with Gasteiger partial charge >= 0.3 is 0 Å². The van der Waals surface area contributed by atoms with E-state index in [0.717, 1.165) is 42.2 Å². The number of hydrogen-bond donors (Lipinski definition) is 0. The topological polar surface area (TPSA) is 97.1 Å². The van der Waals surface area contributed by atoms with Gasteiger partial charge in [0.1, 0.15) is 5.82 Å². The van der Waals surface area contributed by atoms with Crippen molar-refractivity contribution in [3.63, 3.8) is 0 Å². The Labute approximate surface area is 177 Å². The fourth-order valence-electron chi connectivity index (χ4n) is 3.23. The van der Waals surface area contributed by atoms with Crippen LogP contribution in [0.2, 0.25) is 0 Å². The summed E-state index contributed by atoms with van der Waals surface area (Å²) in [5.41, 5.74) is 0.732. The van der Waals surface area contributed by atoms with Gasteiger partial charge in [0.2, 0.25) is 0 Å². The Morgan fingerprint density at radius 1 is 1.03 bits per heavy atom. The second-order valence-electron chi connectivity index (χ2n) is 6.87. The van der Waals surface area contributed by atoms with Crippen molar-refractivity contribution >= 4 is 31.6 Å². The molecule has 1 aliphatic heterocycles. The summed E-state index contributed by atoms with van der Waals surface area (Å²) in [7, 11) is -3.23. The highest BCUT2D eigenvalue weighted by Crippen LogP contribution is 2.18. The van der Waals surface area contributed by atoms with Crippen LogP contribution in [0.1, 0.15) is 5.82 Å². The number of nitrogens with zero attached hydrogens (tertiary/aromatic N) is 7. The summed E-state index contributed by atoms with van der Waals surface area (Å²) in [5.74, 6) is 1.69. The van der Waals surface area contributed by atoms with Crippen molar-refractivity contribution in [3.8, 4) is 5.69 Å². The number of aromatic nitrogens is 5. The Morgan fingerprint density at radius 2 is 1.76 bits per heavy atom. The van der Waals surface area contributed by atoms with Crippen molar-refractivity contribution in [1.29, 1.82) is 0 Å². The van der Waals surface area contributed by atoms with E-state index in [9.17, 15) is 8.42 Å². The van der Waals surface area contributed by atoms with Gasteiger partial charge in [-0.15, -0.1) is 5.10 Å². The summed E-state index contributed by atoms with van der Waals surface area (Å²) in [4.78, 5) is 9.29. The molecule has 11 heteroatoms. The van der Waals surface area contributed by atoms with Gasteiger partial charge in [-0.2, -0.15) is 4.68 Å². The van der Waals surface area contributed by atoms with Gasteiger partial charge in [0.15, 0.2) is 15.7 Å². The lowest BCUT2D eigenvalue weighted by Gasteiger charge is -2.35. The van der Waals surface area contributed by atoms with Gasteiger partial charge in [0, 0.05) is 43.1 Å². The molecule has 0 N–H and O–H groups in total. The lowest BCUT2D eigenvalue weighted by Crippen LogP contribution is -2.46. The molecule has 4 rings (SSSR count). The highest BCUT2D eigenvalue weighted by atomic mass is 79.9. The molecule has 0 saturated carbocycles. The summed E-state index contributed by atoms with van der Waals surface area (Å²) >= 11 is 3.41. The van der Waals surface area contributed by atoms with Gasteiger partial charge in [-0.3, -0.25) is 4.90 Å². The van der Waals surface area contributed by atoms with Crippen molar-refractivity contribution in [2.24, 2.45) is 0 Å². The zero-order valence-electron chi connectivity index (χ0n) is 15.8. The summed E-state index contributed by atoms with van der Waals surface area (Å²) in [6, 6.07) is 10.6. The Hall–Kier alpha value is -2.37. The first kappa shape index (κ1) is 19.9. The minimum absolute atomic E-state index is 0.272. The molecule has 1 fully saturated rings. The van der Waals surface area contributed by atoms with Crippen LogP contribution >= 0.6 is 15.9 Å². The monoisotopic (exact) mass is 477 g/mol. The molecule has 0 amide bonds. The van der Waals surface area contributed by atoms with E-state index in [1.54, 1.807) is 28.9 Å². The Kier molecular flexibility index (Phi) is 5.61. The second kappa shape index (κ2) is 8.17. The summed E-state index contributed by atoms with van der Waals surface area (Å²) in [6.07, 6.45) is 3.00. The van der Waals surface area contributed by atoms with Crippen molar-refractivity contribution in [2.45, 2.75) is 11.4 Å². The van der Waals surface area contributed by atoms with Crippen LogP contribution in [0.5, 0.6) is 0 Å². The first-order valence-corrected chi connectivity index (χ1v) is 11.8. The number of rotatable bonds is 5. The molecule has 9 nitrogen and oxygen atoms in total. The molecule has 1 aromatic carbocycles. The highest BCUT2D eigenvalue weighted by molar-refractivity contribution is 9.10. The molecule has 3 heterocycles. The minimum Gasteiger partial charge on any atom is -0.354 e. The molecule has 0 spiro atoms. The molecule has 29 heavy (non-hydrogen) atoms. The zero-order valence-corrected chi connectivity index (χ0v) is 18.2. The molecule has 3 aromatic rings. The third-order valence-corrected chi connectivity index (χ3v) is 6.41. The van der Waals surface area contributed by atoms with E-state index in [1.807, 2.05) is 18.3 Å². The van der Waals surface area contributed by atoms with Gasteiger partial charge in [0.25, 0.3) is 0 Å². The van der Waals surface area contributed by atoms with E-state index in [2.05, 4.69) is 46.2 Å². The number of hydrogen-bond acceptors (Lipinski definition) is 8. The second-order valence-corrected chi connectivity index (χ2v) is 9.80. The number of anilines is 1. The first-order valence-electron chi connectivity index (χ1n) is 9.07. The molecule has 0 bridgehead atoms. The third-order valence-electron chi connectivity index (χ3n) is 4.82. The molecule has 0 unspecified atom stereocenters. The lowest BCUT2D eigenvalue weighted by molar-refractivity contribution is 0.241. The van der Waals surface area contributed by atoms with Gasteiger partial charge in [-0.05, 0) is 62.8 Å². The highest BCUT2D eigenvalue weighted by Gasteiger charge is 2.20. The zero-order chi connectivity index (χ0) is 20.4. The van der Waals surface area contributed by atoms with Gasteiger partial charge in [0.05, 0.1) is 17.1 Å². The van der Waals surface area contributed by atoms with E-state index < -0.39 is 9.84 Å². The van der Waals surface area contributed by atoms with Crippen molar-refractivity contribution in [3.05, 3.63) is 52.9 Å². The van der Waals surface area contributed by atoms with Crippen LogP contribution in [0.3, 0.4) is 0 Å². The SMILES string of the molecule is CS(=O)(=O)c1ccc(-n2nnnc2CN2CCN(c3ccc(Br)cn3)CC2)cc1. The van der Waals surface area contributed by atoms with E-state index in [0.29, 0.717) is 12.4 Å². The largest absolute Gasteiger partial charge is 0.354 e. The van der Waals surface area contributed by atoms with Crippen LogP contribution in [-0.4, -0.2) is 70.9 Å². The lowest BCUT2D eigenvalue weighted by atomic mass is 10.3. The average molecular weight is 478 g/mol.